The van der Waals surface area contributed by atoms with Gasteiger partial charge in [-0.15, -0.1) is 10.2 Å². The summed E-state index contributed by atoms with van der Waals surface area (Å²) < 4.78 is 6.47. The predicted octanol–water partition coefficient (Wildman–Crippen LogP) is 0.104. The largest absolute Gasteiger partial charge is 0.456 e. The van der Waals surface area contributed by atoms with Crippen LogP contribution in [-0.4, -0.2) is 90.6 Å². The van der Waals surface area contributed by atoms with E-state index >= 15 is 0 Å². The first-order valence-corrected chi connectivity index (χ1v) is 10.7. The van der Waals surface area contributed by atoms with Crippen LogP contribution in [0.2, 0.25) is 0 Å². The first-order valence-electron chi connectivity index (χ1n) is 10.7. The molecule has 0 aliphatic carbocycles. The van der Waals surface area contributed by atoms with Gasteiger partial charge in [0.1, 0.15) is 19.0 Å². The van der Waals surface area contributed by atoms with E-state index in [2.05, 4.69) is 35.5 Å². The van der Waals surface area contributed by atoms with E-state index in [1.54, 1.807) is 18.2 Å². The van der Waals surface area contributed by atoms with Gasteiger partial charge in [-0.25, -0.2) is 4.79 Å². The summed E-state index contributed by atoms with van der Waals surface area (Å²) in [6.07, 6.45) is 6.93. The lowest BCUT2D eigenvalue weighted by atomic mass is 9.71. The molecule has 5 heterocycles. The van der Waals surface area contributed by atoms with Gasteiger partial charge in [0.15, 0.2) is 5.82 Å². The maximum atomic E-state index is 11.3. The van der Waals surface area contributed by atoms with E-state index in [4.69, 9.17) is 4.74 Å². The minimum Gasteiger partial charge on any atom is -0.456 e. The van der Waals surface area contributed by atoms with Gasteiger partial charge >= 0.3 is 5.97 Å². The topological polar surface area (TPSA) is 122 Å². The molecule has 0 amide bonds. The Morgan fingerprint density at radius 2 is 1.87 bits per heavy atom. The van der Waals surface area contributed by atoms with Gasteiger partial charge in [-0.3, -0.25) is 0 Å². The summed E-state index contributed by atoms with van der Waals surface area (Å²) in [5.41, 5.74) is 1.94. The summed E-state index contributed by atoms with van der Waals surface area (Å²) in [5, 5.41) is 29.8. The number of esters is 1. The van der Waals surface area contributed by atoms with Crippen molar-refractivity contribution in [3.63, 3.8) is 0 Å². The molecule has 2 aromatic rings. The van der Waals surface area contributed by atoms with E-state index in [-0.39, 0.29) is 5.97 Å². The number of aliphatic hydroxyl groups is 1. The van der Waals surface area contributed by atoms with Crippen molar-refractivity contribution < 1.29 is 14.6 Å². The highest BCUT2D eigenvalue weighted by atomic mass is 16.5. The van der Waals surface area contributed by atoms with Crippen LogP contribution in [0.1, 0.15) is 37.5 Å². The quantitative estimate of drug-likeness (QED) is 0.659. The number of likely N-dealkylation sites (tertiary alicyclic amines) is 2. The molecule has 0 bridgehead atoms. The van der Waals surface area contributed by atoms with Crippen LogP contribution in [0, 0.1) is 5.41 Å². The summed E-state index contributed by atoms with van der Waals surface area (Å²) in [6, 6.07) is 3.52. The van der Waals surface area contributed by atoms with Gasteiger partial charge in [-0.05, 0) is 66.7 Å². The van der Waals surface area contributed by atoms with Crippen molar-refractivity contribution in [3.8, 4) is 5.82 Å². The van der Waals surface area contributed by atoms with E-state index in [1.165, 1.54) is 11.0 Å². The van der Waals surface area contributed by atoms with E-state index in [9.17, 15) is 9.90 Å². The van der Waals surface area contributed by atoms with Crippen molar-refractivity contribution in [2.45, 2.75) is 31.8 Å². The second kappa shape index (κ2) is 8.31. The Bertz CT molecular complexity index is 928. The predicted molar refractivity (Wildman–Crippen MR) is 108 cm³/mol. The number of hydrogen-bond donors (Lipinski definition) is 1. The average Bonchev–Trinajstić information content (AvgIpc) is 3.48. The fraction of sp³-hybridized carbons (Fsp3) is 0.600. The number of hydrogen-bond acceptors (Lipinski definition) is 10. The third-order valence-electron chi connectivity index (χ3n) is 6.82. The first kappa shape index (κ1) is 20.0. The Kier molecular flexibility index (Phi) is 5.36. The summed E-state index contributed by atoms with van der Waals surface area (Å²) in [6.45, 7) is 4.86. The number of aromatic nitrogens is 6. The zero-order valence-electron chi connectivity index (χ0n) is 17.3. The standard InChI is InChI=1S/C20H26N8O3/c29-17(16-1-2-18(23-22-16)28-14-21-24-25-28)12-26-7-3-20(4-8-26)5-9-27(10-6-20)15-11-19(30)31-13-15/h1-2,11,14,17,29H,3-10,12-13H2/t17-/m0/s1. The highest BCUT2D eigenvalue weighted by Crippen LogP contribution is 2.42. The minimum atomic E-state index is -0.682. The van der Waals surface area contributed by atoms with Crippen molar-refractivity contribution in [2.75, 3.05) is 39.3 Å². The summed E-state index contributed by atoms with van der Waals surface area (Å²) >= 11 is 0. The lowest BCUT2D eigenvalue weighted by Gasteiger charge is -2.47. The van der Waals surface area contributed by atoms with Crippen LogP contribution in [0.5, 0.6) is 0 Å². The molecule has 5 rings (SSSR count). The lowest BCUT2D eigenvalue weighted by Crippen LogP contribution is -2.47. The molecule has 0 radical (unpaired) electrons. The molecule has 11 nitrogen and oxygen atoms in total. The third-order valence-corrected chi connectivity index (χ3v) is 6.82. The minimum absolute atomic E-state index is 0.225. The van der Waals surface area contributed by atoms with Crippen LogP contribution >= 0.6 is 0 Å². The normalized spacial score (nSPS) is 22.4. The van der Waals surface area contributed by atoms with Crippen molar-refractivity contribution in [2.24, 2.45) is 5.41 Å². The Morgan fingerprint density at radius 1 is 1.10 bits per heavy atom. The molecule has 0 unspecified atom stereocenters. The maximum Gasteiger partial charge on any atom is 0.333 e. The Morgan fingerprint density at radius 3 is 2.48 bits per heavy atom. The maximum absolute atomic E-state index is 11.3. The molecule has 3 aliphatic heterocycles. The van der Waals surface area contributed by atoms with Gasteiger partial charge in [0.25, 0.3) is 0 Å². The van der Waals surface area contributed by atoms with E-state index < -0.39 is 6.10 Å². The van der Waals surface area contributed by atoms with E-state index in [1.807, 2.05) is 0 Å². The van der Waals surface area contributed by atoms with Crippen LogP contribution in [0.25, 0.3) is 5.82 Å². The molecule has 1 N–H and O–H groups in total. The van der Waals surface area contributed by atoms with Crippen molar-refractivity contribution in [1.29, 1.82) is 0 Å². The zero-order valence-corrected chi connectivity index (χ0v) is 17.3. The van der Waals surface area contributed by atoms with Crippen LogP contribution < -0.4 is 0 Å². The molecule has 1 atom stereocenters. The number of piperidine rings is 2. The highest BCUT2D eigenvalue weighted by molar-refractivity contribution is 5.85. The van der Waals surface area contributed by atoms with Gasteiger partial charge in [-0.1, -0.05) is 0 Å². The van der Waals surface area contributed by atoms with Gasteiger partial charge in [0.05, 0.1) is 11.4 Å². The number of β-amino-alcohol motifs (C(OH)–C–C–N with tert-alkyl or cyclic N) is 1. The number of carbonyl (C=O) groups excluding carboxylic acids is 1. The molecule has 0 aromatic carbocycles. The number of ether oxygens (including phenoxy) is 1. The SMILES string of the molecule is O=C1C=C(N2CCC3(CCN(C[C@H](O)c4ccc(-n5cnnn5)nn4)CC3)CC2)CO1. The molecule has 2 fully saturated rings. The molecule has 11 heteroatoms. The van der Waals surface area contributed by atoms with Gasteiger partial charge in [0, 0.05) is 25.7 Å². The highest BCUT2D eigenvalue weighted by Gasteiger charge is 2.38. The number of nitrogens with zero attached hydrogens (tertiary/aromatic N) is 8. The van der Waals surface area contributed by atoms with Crippen molar-refractivity contribution in [1.82, 2.24) is 40.2 Å². The average molecular weight is 426 g/mol. The van der Waals surface area contributed by atoms with E-state index in [0.717, 1.165) is 57.6 Å². The second-order valence-electron chi connectivity index (χ2n) is 8.62. The Hall–Kier alpha value is -2.92. The summed E-state index contributed by atoms with van der Waals surface area (Å²) in [4.78, 5) is 15.9. The van der Waals surface area contributed by atoms with Gasteiger partial charge in [-0.2, -0.15) is 9.78 Å². The molecule has 164 valence electrons. The lowest BCUT2D eigenvalue weighted by molar-refractivity contribution is -0.135. The number of tetrazole rings is 1. The molecular weight excluding hydrogens is 400 g/mol. The molecular formula is C20H26N8O3. The van der Waals surface area contributed by atoms with Gasteiger partial charge < -0.3 is 19.6 Å². The number of cyclic esters (lactones) is 1. The molecule has 2 saturated heterocycles. The third kappa shape index (κ3) is 4.28. The smallest absolute Gasteiger partial charge is 0.333 e. The molecule has 31 heavy (non-hydrogen) atoms. The van der Waals surface area contributed by atoms with Crippen LogP contribution in [-0.2, 0) is 9.53 Å². The Labute approximate surface area is 179 Å². The fourth-order valence-electron chi connectivity index (χ4n) is 4.77. The monoisotopic (exact) mass is 426 g/mol. The summed E-state index contributed by atoms with van der Waals surface area (Å²) in [5.74, 6) is 0.286. The molecule has 0 saturated carbocycles. The fourth-order valence-corrected chi connectivity index (χ4v) is 4.77. The molecule has 2 aromatic heterocycles. The second-order valence-corrected chi connectivity index (χ2v) is 8.62. The van der Waals surface area contributed by atoms with E-state index in [0.29, 0.717) is 30.1 Å². The van der Waals surface area contributed by atoms with Crippen LogP contribution in [0.15, 0.2) is 30.2 Å². The molecule has 1 spiro atoms. The number of rotatable bonds is 5. The van der Waals surface area contributed by atoms with Crippen LogP contribution in [0.3, 0.4) is 0 Å². The van der Waals surface area contributed by atoms with Gasteiger partial charge in [0.2, 0.25) is 0 Å². The van der Waals surface area contributed by atoms with Crippen molar-refractivity contribution >= 4 is 5.97 Å². The van der Waals surface area contributed by atoms with Crippen molar-refractivity contribution in [3.05, 3.63) is 35.9 Å². The Balaban J connectivity index is 1.11. The van der Waals surface area contributed by atoms with Crippen LogP contribution in [0.4, 0.5) is 0 Å². The first-order chi connectivity index (χ1) is 15.1. The molecule has 3 aliphatic rings. The zero-order chi connectivity index (χ0) is 21.3. The number of aliphatic hydroxyl groups excluding tert-OH is 1. The number of carbonyl (C=O) groups is 1. The summed E-state index contributed by atoms with van der Waals surface area (Å²) in [7, 11) is 0.